The molecule has 0 bridgehead atoms. The SMILES string of the molecule is CC(=O)Nc1cccc(C(=O)Nc2cccc(CCO)c2)c1. The lowest BCUT2D eigenvalue weighted by atomic mass is 10.1. The molecule has 22 heavy (non-hydrogen) atoms. The second-order valence-electron chi connectivity index (χ2n) is 4.89. The number of amides is 2. The van der Waals surface area contributed by atoms with Gasteiger partial charge in [0.05, 0.1) is 0 Å². The lowest BCUT2D eigenvalue weighted by molar-refractivity contribution is -0.114. The first-order valence-corrected chi connectivity index (χ1v) is 6.97. The average Bonchev–Trinajstić information content (AvgIpc) is 2.47. The van der Waals surface area contributed by atoms with Crippen molar-refractivity contribution in [3.05, 3.63) is 59.7 Å². The number of carbonyl (C=O) groups is 2. The van der Waals surface area contributed by atoms with Gasteiger partial charge in [-0.15, -0.1) is 0 Å². The smallest absolute Gasteiger partial charge is 0.255 e. The molecule has 5 heteroatoms. The maximum atomic E-state index is 12.2. The predicted molar refractivity (Wildman–Crippen MR) is 85.9 cm³/mol. The van der Waals surface area contributed by atoms with Crippen LogP contribution in [0.1, 0.15) is 22.8 Å². The summed E-state index contributed by atoms with van der Waals surface area (Å²) in [7, 11) is 0. The lowest BCUT2D eigenvalue weighted by Crippen LogP contribution is -2.13. The Bertz CT molecular complexity index is 683. The van der Waals surface area contributed by atoms with Gasteiger partial charge < -0.3 is 15.7 Å². The van der Waals surface area contributed by atoms with Gasteiger partial charge in [-0.3, -0.25) is 9.59 Å². The van der Waals surface area contributed by atoms with Gasteiger partial charge in [-0.25, -0.2) is 0 Å². The summed E-state index contributed by atoms with van der Waals surface area (Å²) in [5.74, 6) is -0.442. The van der Waals surface area contributed by atoms with Crippen LogP contribution >= 0.6 is 0 Å². The molecule has 0 atom stereocenters. The van der Waals surface area contributed by atoms with Crippen molar-refractivity contribution in [1.82, 2.24) is 0 Å². The van der Waals surface area contributed by atoms with E-state index >= 15 is 0 Å². The van der Waals surface area contributed by atoms with Gasteiger partial charge in [-0.05, 0) is 42.3 Å². The minimum absolute atomic E-state index is 0.0656. The molecule has 0 aliphatic rings. The maximum Gasteiger partial charge on any atom is 0.255 e. The fraction of sp³-hybridized carbons (Fsp3) is 0.176. The summed E-state index contributed by atoms with van der Waals surface area (Å²) in [5.41, 5.74) is 2.65. The minimum Gasteiger partial charge on any atom is -0.396 e. The molecule has 0 unspecified atom stereocenters. The van der Waals surface area contributed by atoms with Gasteiger partial charge in [0.1, 0.15) is 0 Å². The number of rotatable bonds is 5. The van der Waals surface area contributed by atoms with E-state index in [4.69, 9.17) is 5.11 Å². The molecule has 0 aliphatic heterocycles. The molecule has 0 heterocycles. The molecule has 0 spiro atoms. The Kier molecular flexibility index (Phi) is 5.27. The Morgan fingerprint density at radius 2 is 1.68 bits per heavy atom. The first kappa shape index (κ1) is 15.7. The molecule has 3 N–H and O–H groups in total. The van der Waals surface area contributed by atoms with Crippen molar-refractivity contribution in [3.8, 4) is 0 Å². The van der Waals surface area contributed by atoms with Crippen LogP contribution in [0.15, 0.2) is 48.5 Å². The van der Waals surface area contributed by atoms with Gasteiger partial charge in [-0.2, -0.15) is 0 Å². The first-order valence-electron chi connectivity index (χ1n) is 6.97. The van der Waals surface area contributed by atoms with Gasteiger partial charge in [-0.1, -0.05) is 18.2 Å². The highest BCUT2D eigenvalue weighted by atomic mass is 16.3. The summed E-state index contributed by atoms with van der Waals surface area (Å²) < 4.78 is 0. The van der Waals surface area contributed by atoms with E-state index in [1.54, 1.807) is 30.3 Å². The minimum atomic E-state index is -0.256. The predicted octanol–water partition coefficient (Wildman–Crippen LogP) is 2.43. The van der Waals surface area contributed by atoms with E-state index in [-0.39, 0.29) is 18.4 Å². The molecule has 0 saturated heterocycles. The third kappa shape index (κ3) is 4.43. The van der Waals surface area contributed by atoms with Gasteiger partial charge in [0.25, 0.3) is 5.91 Å². The quantitative estimate of drug-likeness (QED) is 0.793. The summed E-state index contributed by atoms with van der Waals surface area (Å²) in [6.07, 6.45) is 0.543. The van der Waals surface area contributed by atoms with Crippen LogP contribution in [0.4, 0.5) is 11.4 Å². The Morgan fingerprint density at radius 3 is 2.36 bits per heavy atom. The number of carbonyl (C=O) groups excluding carboxylic acids is 2. The van der Waals surface area contributed by atoms with Crippen LogP contribution < -0.4 is 10.6 Å². The highest BCUT2D eigenvalue weighted by Gasteiger charge is 2.07. The van der Waals surface area contributed by atoms with E-state index in [0.29, 0.717) is 23.4 Å². The van der Waals surface area contributed by atoms with Crippen molar-refractivity contribution < 1.29 is 14.7 Å². The number of aliphatic hydroxyl groups is 1. The number of aliphatic hydroxyl groups excluding tert-OH is 1. The zero-order valence-electron chi connectivity index (χ0n) is 12.3. The summed E-state index contributed by atoms with van der Waals surface area (Å²) in [6, 6.07) is 14.1. The second kappa shape index (κ2) is 7.38. The van der Waals surface area contributed by atoms with Gasteiger partial charge in [0.15, 0.2) is 0 Å². The third-order valence-electron chi connectivity index (χ3n) is 3.03. The van der Waals surface area contributed by atoms with E-state index in [1.165, 1.54) is 6.92 Å². The fourth-order valence-corrected chi connectivity index (χ4v) is 2.08. The van der Waals surface area contributed by atoms with Crippen LogP contribution in [0.3, 0.4) is 0 Å². The fourth-order valence-electron chi connectivity index (χ4n) is 2.08. The average molecular weight is 298 g/mol. The standard InChI is InChI=1S/C17H18N2O3/c1-12(21)18-16-7-3-5-14(11-16)17(22)19-15-6-2-4-13(10-15)8-9-20/h2-7,10-11,20H,8-9H2,1H3,(H,18,21)(H,19,22). The topological polar surface area (TPSA) is 78.4 Å². The molecule has 0 aliphatic carbocycles. The van der Waals surface area contributed by atoms with Crippen molar-refractivity contribution in [2.24, 2.45) is 0 Å². The largest absolute Gasteiger partial charge is 0.396 e. The Labute approximate surface area is 129 Å². The molecule has 0 aromatic heterocycles. The molecule has 2 aromatic carbocycles. The van der Waals surface area contributed by atoms with Crippen molar-refractivity contribution in [2.75, 3.05) is 17.2 Å². The molecule has 5 nitrogen and oxygen atoms in total. The number of nitrogens with one attached hydrogen (secondary N) is 2. The molecule has 0 fully saturated rings. The normalized spacial score (nSPS) is 10.1. The number of anilines is 2. The molecular weight excluding hydrogens is 280 g/mol. The molecular formula is C17H18N2O3. The third-order valence-corrected chi connectivity index (χ3v) is 3.03. The zero-order valence-corrected chi connectivity index (χ0v) is 12.3. The van der Waals surface area contributed by atoms with Crippen LogP contribution in [-0.4, -0.2) is 23.5 Å². The van der Waals surface area contributed by atoms with Crippen molar-refractivity contribution in [2.45, 2.75) is 13.3 Å². The van der Waals surface area contributed by atoms with E-state index < -0.39 is 0 Å². The summed E-state index contributed by atoms with van der Waals surface area (Å²) >= 11 is 0. The maximum absolute atomic E-state index is 12.2. The molecule has 2 rings (SSSR count). The first-order chi connectivity index (χ1) is 10.6. The van der Waals surface area contributed by atoms with E-state index in [0.717, 1.165) is 5.56 Å². The summed E-state index contributed by atoms with van der Waals surface area (Å²) in [4.78, 5) is 23.3. The highest BCUT2D eigenvalue weighted by molar-refractivity contribution is 6.05. The van der Waals surface area contributed by atoms with Gasteiger partial charge in [0, 0.05) is 30.5 Å². The molecule has 2 amide bonds. The monoisotopic (exact) mass is 298 g/mol. The van der Waals surface area contributed by atoms with Crippen LogP contribution in [0.25, 0.3) is 0 Å². The molecule has 0 saturated carbocycles. The van der Waals surface area contributed by atoms with Crippen molar-refractivity contribution in [3.63, 3.8) is 0 Å². The number of benzene rings is 2. The lowest BCUT2D eigenvalue weighted by Gasteiger charge is -2.08. The Hall–Kier alpha value is -2.66. The van der Waals surface area contributed by atoms with Crippen molar-refractivity contribution in [1.29, 1.82) is 0 Å². The molecule has 0 radical (unpaired) electrons. The van der Waals surface area contributed by atoms with Crippen LogP contribution in [0.5, 0.6) is 0 Å². The highest BCUT2D eigenvalue weighted by Crippen LogP contribution is 2.15. The van der Waals surface area contributed by atoms with Crippen LogP contribution in [0, 0.1) is 0 Å². The van der Waals surface area contributed by atoms with Crippen molar-refractivity contribution >= 4 is 23.2 Å². The van der Waals surface area contributed by atoms with Crippen LogP contribution in [-0.2, 0) is 11.2 Å². The zero-order chi connectivity index (χ0) is 15.9. The number of hydrogen-bond acceptors (Lipinski definition) is 3. The van der Waals surface area contributed by atoms with E-state index in [1.807, 2.05) is 18.2 Å². The van der Waals surface area contributed by atoms with Gasteiger partial charge in [0.2, 0.25) is 5.91 Å². The van der Waals surface area contributed by atoms with E-state index in [9.17, 15) is 9.59 Å². The second-order valence-corrected chi connectivity index (χ2v) is 4.89. The Balaban J connectivity index is 2.11. The number of hydrogen-bond donors (Lipinski definition) is 3. The molecule has 2 aromatic rings. The van der Waals surface area contributed by atoms with Gasteiger partial charge >= 0.3 is 0 Å². The Morgan fingerprint density at radius 1 is 1.00 bits per heavy atom. The summed E-state index contributed by atoms with van der Waals surface area (Å²) in [6.45, 7) is 1.48. The summed E-state index contributed by atoms with van der Waals surface area (Å²) in [5, 5.41) is 14.4. The molecule has 114 valence electrons. The van der Waals surface area contributed by atoms with E-state index in [2.05, 4.69) is 10.6 Å². The van der Waals surface area contributed by atoms with Crippen LogP contribution in [0.2, 0.25) is 0 Å².